The Morgan fingerprint density at radius 1 is 1.65 bits per heavy atom. The minimum Gasteiger partial charge on any atom is -0.465 e. The van der Waals surface area contributed by atoms with E-state index in [2.05, 4.69) is 20.7 Å². The van der Waals surface area contributed by atoms with E-state index in [1.807, 2.05) is 0 Å². The van der Waals surface area contributed by atoms with Crippen LogP contribution < -0.4 is 5.73 Å². The summed E-state index contributed by atoms with van der Waals surface area (Å²) in [6.45, 7) is -2.18. The third-order valence-electron chi connectivity index (χ3n) is 2.46. The maximum absolute atomic E-state index is 13.6. The van der Waals surface area contributed by atoms with E-state index in [0.29, 0.717) is 0 Å². The Kier molecular flexibility index (Phi) is 2.51. The van der Waals surface area contributed by atoms with Gasteiger partial charge in [-0.2, -0.15) is 0 Å². The molecule has 4 nitrogen and oxygen atoms in total. The predicted octanol–water partition coefficient (Wildman–Crippen LogP) is 1.92. The van der Waals surface area contributed by atoms with E-state index >= 15 is 0 Å². The number of carbonyl (C=O) groups is 2. The summed E-state index contributed by atoms with van der Waals surface area (Å²) in [7, 11) is 0. The second-order valence-electron chi connectivity index (χ2n) is 3.51. The Hall–Kier alpha value is -1.43. The number of ketones is 1. The second-order valence-corrected chi connectivity index (χ2v) is 4.36. The van der Waals surface area contributed by atoms with E-state index in [-0.39, 0.29) is 15.7 Å². The molecule has 0 aliphatic carbocycles. The van der Waals surface area contributed by atoms with Gasteiger partial charge in [0.1, 0.15) is 5.92 Å². The molecule has 1 unspecified atom stereocenters. The summed E-state index contributed by atoms with van der Waals surface area (Å²) >= 11 is 2.92. The van der Waals surface area contributed by atoms with Crippen molar-refractivity contribution in [3.05, 3.63) is 28.0 Å². The molecule has 1 aliphatic rings. The van der Waals surface area contributed by atoms with Crippen molar-refractivity contribution in [1.82, 2.24) is 0 Å². The maximum atomic E-state index is 13.6. The molecular formula is C11H9BrFNO3. The van der Waals surface area contributed by atoms with Gasteiger partial charge in [0, 0.05) is 12.0 Å². The van der Waals surface area contributed by atoms with Crippen molar-refractivity contribution in [3.8, 4) is 0 Å². The average molecular weight is 304 g/mol. The van der Waals surface area contributed by atoms with Gasteiger partial charge in [-0.1, -0.05) is 0 Å². The van der Waals surface area contributed by atoms with E-state index < -0.39 is 36.5 Å². The molecule has 0 amide bonds. The molecule has 17 heavy (non-hydrogen) atoms. The Balaban J connectivity index is 2.36. The second kappa shape index (κ2) is 4.44. The van der Waals surface area contributed by atoms with Gasteiger partial charge < -0.3 is 10.5 Å². The van der Waals surface area contributed by atoms with Crippen LogP contribution in [0.25, 0.3) is 0 Å². The number of carbonyl (C=O) groups excluding carboxylic acids is 2. The molecular weight excluding hydrogens is 293 g/mol. The summed E-state index contributed by atoms with van der Waals surface area (Å²) in [4.78, 5) is 23.5. The van der Waals surface area contributed by atoms with Crippen LogP contribution in [-0.2, 0) is 9.53 Å². The van der Waals surface area contributed by atoms with Crippen molar-refractivity contribution in [2.75, 3.05) is 12.3 Å². The van der Waals surface area contributed by atoms with E-state index in [9.17, 15) is 14.0 Å². The number of nitrogens with two attached hydrogens (primary N) is 1. The fourth-order valence-corrected chi connectivity index (χ4v) is 1.86. The molecule has 2 rings (SSSR count). The molecule has 0 saturated carbocycles. The molecule has 1 heterocycles. The van der Waals surface area contributed by atoms with Gasteiger partial charge in [-0.25, -0.2) is 4.39 Å². The highest BCUT2D eigenvalue weighted by molar-refractivity contribution is 9.10. The van der Waals surface area contributed by atoms with Gasteiger partial charge >= 0.3 is 5.97 Å². The van der Waals surface area contributed by atoms with Gasteiger partial charge in [0.05, 0.1) is 19.5 Å². The van der Waals surface area contributed by atoms with Gasteiger partial charge in [-0.05, 0) is 28.1 Å². The molecule has 1 aliphatic heterocycles. The zero-order valence-corrected chi connectivity index (χ0v) is 10.1. The Bertz CT molecular complexity index is 579. The number of rotatable bonds is 2. The molecule has 0 radical (unpaired) electrons. The van der Waals surface area contributed by atoms with Crippen LogP contribution in [0.4, 0.5) is 10.1 Å². The van der Waals surface area contributed by atoms with Gasteiger partial charge in [0.2, 0.25) is 0 Å². The fourth-order valence-electron chi connectivity index (χ4n) is 1.52. The smallest absolute Gasteiger partial charge is 0.316 e. The summed E-state index contributed by atoms with van der Waals surface area (Å²) < 4.78 is 32.7. The summed E-state index contributed by atoms with van der Waals surface area (Å²) in [6.07, 6.45) is -0.401. The van der Waals surface area contributed by atoms with Crippen molar-refractivity contribution in [2.24, 2.45) is 5.92 Å². The molecule has 90 valence electrons. The number of halogens is 2. The van der Waals surface area contributed by atoms with Crippen molar-refractivity contribution < 1.29 is 21.5 Å². The lowest BCUT2D eigenvalue weighted by Gasteiger charge is -2.09. The van der Waals surface area contributed by atoms with Crippen LogP contribution in [0, 0.1) is 11.7 Å². The molecule has 1 saturated heterocycles. The first-order valence-corrected chi connectivity index (χ1v) is 5.53. The van der Waals surface area contributed by atoms with Gasteiger partial charge in [-0.3, -0.25) is 9.59 Å². The number of nitrogen functional groups attached to an aromatic ring is 1. The monoisotopic (exact) mass is 303 g/mol. The largest absolute Gasteiger partial charge is 0.465 e. The van der Waals surface area contributed by atoms with Crippen LogP contribution in [-0.4, -0.2) is 18.3 Å². The van der Waals surface area contributed by atoms with Gasteiger partial charge in [-0.15, -0.1) is 0 Å². The average Bonchev–Trinajstić information content (AvgIpc) is 2.59. The number of ether oxygens (including phenoxy) is 1. The molecule has 1 atom stereocenters. The molecule has 0 bridgehead atoms. The van der Waals surface area contributed by atoms with Crippen LogP contribution in [0.5, 0.6) is 0 Å². The normalized spacial score (nSPS) is 23.9. The number of esters is 1. The number of benzene rings is 1. The van der Waals surface area contributed by atoms with E-state index in [1.165, 1.54) is 12.1 Å². The number of anilines is 1. The zero-order chi connectivity index (χ0) is 14.4. The van der Waals surface area contributed by atoms with Crippen molar-refractivity contribution in [2.45, 2.75) is 6.42 Å². The topological polar surface area (TPSA) is 69.4 Å². The summed E-state index contributed by atoms with van der Waals surface area (Å²) in [5.74, 6) is -3.79. The molecule has 1 aromatic rings. The highest BCUT2D eigenvalue weighted by Gasteiger charge is 2.35. The van der Waals surface area contributed by atoms with Crippen molar-refractivity contribution in [3.63, 3.8) is 0 Å². The maximum Gasteiger partial charge on any atom is 0.316 e. The van der Waals surface area contributed by atoms with Crippen molar-refractivity contribution in [1.29, 1.82) is 0 Å². The lowest BCUT2D eigenvalue weighted by atomic mass is 9.95. The summed E-state index contributed by atoms with van der Waals surface area (Å²) in [6, 6.07) is 2.58. The van der Waals surface area contributed by atoms with E-state index in [0.717, 1.165) is 0 Å². The highest BCUT2D eigenvalue weighted by atomic mass is 79.9. The molecule has 6 heteroatoms. The van der Waals surface area contributed by atoms with Crippen LogP contribution >= 0.6 is 15.9 Å². The highest BCUT2D eigenvalue weighted by Crippen LogP contribution is 2.28. The lowest BCUT2D eigenvalue weighted by molar-refractivity contribution is -0.140. The lowest BCUT2D eigenvalue weighted by Crippen LogP contribution is -2.21. The van der Waals surface area contributed by atoms with Crippen molar-refractivity contribution >= 4 is 33.4 Å². The third kappa shape index (κ3) is 2.04. The SMILES string of the molecule is [2H]C1([2H])CC(C(=O)c2ccc(Br)c(F)c2N)C(=O)O1. The number of cyclic esters (lactones) is 1. The molecule has 1 fully saturated rings. The number of hydrogen-bond donors (Lipinski definition) is 1. The molecule has 0 aromatic heterocycles. The summed E-state index contributed by atoms with van der Waals surface area (Å²) in [5, 5.41) is 0. The molecule has 0 spiro atoms. The molecule has 2 N–H and O–H groups in total. The van der Waals surface area contributed by atoms with Crippen LogP contribution in [0.15, 0.2) is 16.6 Å². The van der Waals surface area contributed by atoms with Gasteiger partial charge in [0.25, 0.3) is 0 Å². The number of hydrogen-bond acceptors (Lipinski definition) is 4. The van der Waals surface area contributed by atoms with Crippen LogP contribution in [0.1, 0.15) is 19.5 Å². The molecule has 1 aromatic carbocycles. The minimum absolute atomic E-state index is 0.103. The fraction of sp³-hybridized carbons (Fsp3) is 0.273. The first-order valence-electron chi connectivity index (χ1n) is 5.73. The standard InChI is InChI=1S/C11H9BrFNO3/c12-7-2-1-5(9(14)8(7)13)10(15)6-3-4-17-11(6)16/h1-2,6H,3-4,14H2/i4D2. The van der Waals surface area contributed by atoms with Gasteiger partial charge in [0.15, 0.2) is 11.6 Å². The number of Topliss-reactive ketones (excluding diaryl/α,β-unsaturated/α-hetero) is 1. The predicted molar refractivity (Wildman–Crippen MR) is 61.9 cm³/mol. The van der Waals surface area contributed by atoms with Crippen LogP contribution in [0.3, 0.4) is 0 Å². The first kappa shape index (κ1) is 9.58. The van der Waals surface area contributed by atoms with E-state index in [4.69, 9.17) is 8.48 Å². The minimum atomic E-state index is -2.18. The first-order chi connectivity index (χ1) is 8.73. The Morgan fingerprint density at radius 3 is 2.94 bits per heavy atom. The quantitative estimate of drug-likeness (QED) is 0.392. The summed E-state index contributed by atoms with van der Waals surface area (Å²) in [5.41, 5.74) is 4.97. The Labute approximate surface area is 108 Å². The van der Waals surface area contributed by atoms with Crippen LogP contribution in [0.2, 0.25) is 0 Å². The van der Waals surface area contributed by atoms with E-state index in [1.54, 1.807) is 0 Å². The third-order valence-corrected chi connectivity index (χ3v) is 3.07. The Morgan fingerprint density at radius 2 is 2.35 bits per heavy atom. The zero-order valence-electron chi connectivity index (χ0n) is 10.5.